The van der Waals surface area contributed by atoms with Gasteiger partial charge in [0.25, 0.3) is 0 Å². The van der Waals surface area contributed by atoms with Crippen LogP contribution in [0.3, 0.4) is 0 Å². The summed E-state index contributed by atoms with van der Waals surface area (Å²) in [6.45, 7) is 1.28. The van der Waals surface area contributed by atoms with Gasteiger partial charge in [0.05, 0.1) is 0 Å². The molecule has 0 aromatic heterocycles. The highest BCUT2D eigenvalue weighted by atomic mass is 19.1. The monoisotopic (exact) mass is 299 g/mol. The Labute approximate surface area is 129 Å². The highest BCUT2D eigenvalue weighted by molar-refractivity contribution is 5.50. The third-order valence-electron chi connectivity index (χ3n) is 4.43. The van der Waals surface area contributed by atoms with Crippen molar-refractivity contribution in [2.75, 3.05) is 13.3 Å². The Morgan fingerprint density at radius 2 is 1.86 bits per heavy atom. The van der Waals surface area contributed by atoms with Crippen LogP contribution in [0, 0.1) is 5.82 Å². The van der Waals surface area contributed by atoms with E-state index in [0.717, 1.165) is 42.9 Å². The standard InChI is InChI=1S/C18H18FNO2/c19-14-4-1-12(2-5-14)3-6-16-15-10-18-17(21-11-22-18)9-13(15)7-8-20-16/h1-2,4-5,9-10,16,20H,3,6-8,11H2. The average molecular weight is 299 g/mol. The molecule has 2 heterocycles. The minimum absolute atomic E-state index is 0.183. The molecule has 0 saturated carbocycles. The van der Waals surface area contributed by atoms with E-state index in [1.54, 1.807) is 0 Å². The van der Waals surface area contributed by atoms with Gasteiger partial charge >= 0.3 is 0 Å². The summed E-state index contributed by atoms with van der Waals surface area (Å²) in [5, 5.41) is 3.58. The van der Waals surface area contributed by atoms with Crippen LogP contribution in [0.25, 0.3) is 0 Å². The molecule has 0 spiro atoms. The largest absolute Gasteiger partial charge is 0.454 e. The number of fused-ring (bicyclic) bond motifs is 2. The molecule has 114 valence electrons. The van der Waals surface area contributed by atoms with Crippen molar-refractivity contribution >= 4 is 0 Å². The number of ether oxygens (including phenoxy) is 2. The molecule has 22 heavy (non-hydrogen) atoms. The zero-order chi connectivity index (χ0) is 14.9. The van der Waals surface area contributed by atoms with Gasteiger partial charge in [0.15, 0.2) is 11.5 Å². The number of halogens is 1. The van der Waals surface area contributed by atoms with E-state index in [2.05, 4.69) is 17.4 Å². The first-order chi connectivity index (χ1) is 10.8. The molecule has 1 N–H and O–H groups in total. The minimum Gasteiger partial charge on any atom is -0.454 e. The van der Waals surface area contributed by atoms with E-state index >= 15 is 0 Å². The third-order valence-corrected chi connectivity index (χ3v) is 4.43. The summed E-state index contributed by atoms with van der Waals surface area (Å²) in [6.07, 6.45) is 2.92. The molecule has 0 radical (unpaired) electrons. The smallest absolute Gasteiger partial charge is 0.231 e. The lowest BCUT2D eigenvalue weighted by Crippen LogP contribution is -2.30. The summed E-state index contributed by atoms with van der Waals surface area (Å²) in [5.41, 5.74) is 3.81. The van der Waals surface area contributed by atoms with E-state index in [1.807, 2.05) is 12.1 Å². The normalized spacial score (nSPS) is 19.0. The lowest BCUT2D eigenvalue weighted by Gasteiger charge is -2.27. The van der Waals surface area contributed by atoms with Crippen molar-refractivity contribution in [3.05, 3.63) is 58.9 Å². The number of hydrogen-bond donors (Lipinski definition) is 1. The lowest BCUT2D eigenvalue weighted by molar-refractivity contribution is 0.174. The highest BCUT2D eigenvalue weighted by Gasteiger charge is 2.24. The maximum Gasteiger partial charge on any atom is 0.231 e. The quantitative estimate of drug-likeness (QED) is 0.942. The Bertz CT molecular complexity index is 684. The van der Waals surface area contributed by atoms with Gasteiger partial charge in [-0.3, -0.25) is 0 Å². The van der Waals surface area contributed by atoms with Gasteiger partial charge in [0.2, 0.25) is 6.79 Å². The molecule has 1 atom stereocenters. The van der Waals surface area contributed by atoms with E-state index in [-0.39, 0.29) is 5.82 Å². The van der Waals surface area contributed by atoms with Gasteiger partial charge in [0.1, 0.15) is 5.82 Å². The Balaban J connectivity index is 1.53. The van der Waals surface area contributed by atoms with Crippen LogP contribution in [-0.4, -0.2) is 13.3 Å². The van der Waals surface area contributed by atoms with Crippen molar-refractivity contribution in [2.24, 2.45) is 0 Å². The van der Waals surface area contributed by atoms with Crippen LogP contribution < -0.4 is 14.8 Å². The van der Waals surface area contributed by atoms with Crippen molar-refractivity contribution in [3.8, 4) is 11.5 Å². The Hall–Kier alpha value is -2.07. The van der Waals surface area contributed by atoms with Crippen LogP contribution in [0.5, 0.6) is 11.5 Å². The SMILES string of the molecule is Fc1ccc(CCC2NCCc3cc4c(cc32)OCO4)cc1. The van der Waals surface area contributed by atoms with Crippen LogP contribution in [0.2, 0.25) is 0 Å². The first-order valence-electron chi connectivity index (χ1n) is 7.70. The van der Waals surface area contributed by atoms with Crippen molar-refractivity contribution in [1.29, 1.82) is 0 Å². The Kier molecular flexibility index (Phi) is 3.47. The molecule has 2 aromatic carbocycles. The Morgan fingerprint density at radius 1 is 1.09 bits per heavy atom. The van der Waals surface area contributed by atoms with E-state index in [0.29, 0.717) is 12.8 Å². The van der Waals surface area contributed by atoms with Crippen molar-refractivity contribution in [3.63, 3.8) is 0 Å². The summed E-state index contributed by atoms with van der Waals surface area (Å²) in [7, 11) is 0. The van der Waals surface area contributed by atoms with Crippen molar-refractivity contribution in [2.45, 2.75) is 25.3 Å². The molecule has 1 unspecified atom stereocenters. The van der Waals surface area contributed by atoms with Gasteiger partial charge in [0, 0.05) is 6.04 Å². The van der Waals surface area contributed by atoms with Gasteiger partial charge in [-0.1, -0.05) is 12.1 Å². The van der Waals surface area contributed by atoms with Crippen LogP contribution in [0.1, 0.15) is 29.2 Å². The molecule has 0 saturated heterocycles. The lowest BCUT2D eigenvalue weighted by atomic mass is 9.90. The summed E-state index contributed by atoms with van der Waals surface area (Å²) in [5.74, 6) is 1.52. The van der Waals surface area contributed by atoms with Crippen molar-refractivity contribution in [1.82, 2.24) is 5.32 Å². The molecule has 4 heteroatoms. The van der Waals surface area contributed by atoms with Gasteiger partial charge in [-0.2, -0.15) is 0 Å². The van der Waals surface area contributed by atoms with E-state index in [9.17, 15) is 4.39 Å². The number of hydrogen-bond acceptors (Lipinski definition) is 3. The molecular weight excluding hydrogens is 281 g/mol. The zero-order valence-corrected chi connectivity index (χ0v) is 12.3. The van der Waals surface area contributed by atoms with Crippen LogP contribution in [0.15, 0.2) is 36.4 Å². The van der Waals surface area contributed by atoms with Gasteiger partial charge in [-0.05, 0) is 66.8 Å². The first-order valence-corrected chi connectivity index (χ1v) is 7.70. The van der Waals surface area contributed by atoms with E-state index < -0.39 is 0 Å². The zero-order valence-electron chi connectivity index (χ0n) is 12.3. The fourth-order valence-electron chi connectivity index (χ4n) is 3.25. The second kappa shape index (κ2) is 5.61. The number of aryl methyl sites for hydroxylation is 1. The fourth-order valence-corrected chi connectivity index (χ4v) is 3.25. The summed E-state index contributed by atoms with van der Waals surface area (Å²) >= 11 is 0. The van der Waals surface area contributed by atoms with Gasteiger partial charge in [-0.15, -0.1) is 0 Å². The fraction of sp³-hybridized carbons (Fsp3) is 0.333. The number of rotatable bonds is 3. The molecular formula is C18H18FNO2. The van der Waals surface area contributed by atoms with Crippen LogP contribution in [-0.2, 0) is 12.8 Å². The predicted molar refractivity (Wildman–Crippen MR) is 81.7 cm³/mol. The van der Waals surface area contributed by atoms with E-state index in [1.165, 1.54) is 23.3 Å². The third kappa shape index (κ3) is 2.55. The average Bonchev–Trinajstić information content (AvgIpc) is 2.99. The highest BCUT2D eigenvalue weighted by Crippen LogP contribution is 2.39. The maximum absolute atomic E-state index is 13.0. The van der Waals surface area contributed by atoms with Crippen LogP contribution in [0.4, 0.5) is 4.39 Å². The van der Waals surface area contributed by atoms with Crippen LogP contribution >= 0.6 is 0 Å². The molecule has 0 bridgehead atoms. The summed E-state index contributed by atoms with van der Waals surface area (Å²) in [6, 6.07) is 11.3. The Morgan fingerprint density at radius 3 is 2.68 bits per heavy atom. The maximum atomic E-state index is 13.0. The van der Waals surface area contributed by atoms with E-state index in [4.69, 9.17) is 9.47 Å². The molecule has 0 aliphatic carbocycles. The number of benzene rings is 2. The first kappa shape index (κ1) is 13.6. The predicted octanol–water partition coefficient (Wildman–Crippen LogP) is 3.37. The molecule has 0 amide bonds. The summed E-state index contributed by atoms with van der Waals surface area (Å²) < 4.78 is 23.9. The summed E-state index contributed by atoms with van der Waals surface area (Å²) in [4.78, 5) is 0. The van der Waals surface area contributed by atoms with Gasteiger partial charge in [-0.25, -0.2) is 4.39 Å². The molecule has 4 rings (SSSR count). The molecule has 2 aromatic rings. The molecule has 0 fully saturated rings. The molecule has 2 aliphatic heterocycles. The second-order valence-corrected chi connectivity index (χ2v) is 5.83. The van der Waals surface area contributed by atoms with Gasteiger partial charge < -0.3 is 14.8 Å². The molecule has 3 nitrogen and oxygen atoms in total. The second-order valence-electron chi connectivity index (χ2n) is 5.83. The number of nitrogens with one attached hydrogen (secondary N) is 1. The minimum atomic E-state index is -0.183. The molecule has 2 aliphatic rings. The topological polar surface area (TPSA) is 30.5 Å². The van der Waals surface area contributed by atoms with Crippen molar-refractivity contribution < 1.29 is 13.9 Å².